The number of nitrogens with one attached hydrogen (secondary N) is 1. The molecule has 3 nitrogen and oxygen atoms in total. The molecular formula is C13H21NO2S2. The van der Waals surface area contributed by atoms with Gasteiger partial charge in [0.2, 0.25) is 0 Å². The van der Waals surface area contributed by atoms with Gasteiger partial charge in [-0.25, -0.2) is 0 Å². The molecule has 0 saturated heterocycles. The third-order valence-electron chi connectivity index (χ3n) is 3.25. The number of fused-ring (bicyclic) bond motifs is 1. The molecule has 3 atom stereocenters. The molecule has 18 heavy (non-hydrogen) atoms. The second-order valence-corrected chi connectivity index (χ2v) is 7.30. The van der Waals surface area contributed by atoms with Gasteiger partial charge in [0, 0.05) is 25.5 Å². The monoisotopic (exact) mass is 287 g/mol. The van der Waals surface area contributed by atoms with Crippen molar-refractivity contribution in [3.05, 3.63) is 17.0 Å². The lowest BCUT2D eigenvalue weighted by molar-refractivity contribution is -0.121. The third kappa shape index (κ3) is 3.08. The maximum Gasteiger partial charge on any atom is 0.171 e. The van der Waals surface area contributed by atoms with Gasteiger partial charge in [0.25, 0.3) is 0 Å². The molecule has 2 unspecified atom stereocenters. The molecular weight excluding hydrogens is 266 g/mol. The largest absolute Gasteiger partial charge is 0.354 e. The average Bonchev–Trinajstić information content (AvgIpc) is 2.78. The Hall–Kier alpha value is -0.0700. The number of ether oxygens (including phenoxy) is 2. The summed E-state index contributed by atoms with van der Waals surface area (Å²) in [4.78, 5) is 0. The van der Waals surface area contributed by atoms with Crippen molar-refractivity contribution in [1.29, 1.82) is 0 Å². The fraction of sp³-hybridized carbons (Fsp3) is 0.692. The minimum atomic E-state index is -0.197. The van der Waals surface area contributed by atoms with Crippen molar-refractivity contribution in [1.82, 2.24) is 5.32 Å². The summed E-state index contributed by atoms with van der Waals surface area (Å²) in [5.41, 5.74) is 1.43. The summed E-state index contributed by atoms with van der Waals surface area (Å²) in [6.45, 7) is 4.40. The highest BCUT2D eigenvalue weighted by Crippen LogP contribution is 2.43. The molecule has 0 amide bonds. The number of hydrogen-bond donors (Lipinski definition) is 1. The molecule has 1 aromatic rings. The van der Waals surface area contributed by atoms with Crippen molar-refractivity contribution < 1.29 is 9.47 Å². The Kier molecular flexibility index (Phi) is 5.09. The summed E-state index contributed by atoms with van der Waals surface area (Å²) >= 11 is 3.83. The van der Waals surface area contributed by atoms with Crippen molar-refractivity contribution in [3.63, 3.8) is 0 Å². The lowest BCUT2D eigenvalue weighted by Gasteiger charge is -2.32. The normalized spacial score (nSPS) is 25.2. The molecule has 1 aliphatic heterocycles. The second-order valence-electron chi connectivity index (χ2n) is 4.68. The predicted molar refractivity (Wildman–Crippen MR) is 77.4 cm³/mol. The highest BCUT2D eigenvalue weighted by molar-refractivity contribution is 8.01. The minimum Gasteiger partial charge on any atom is -0.354 e. The van der Waals surface area contributed by atoms with E-state index in [2.05, 4.69) is 30.6 Å². The third-order valence-corrected chi connectivity index (χ3v) is 5.59. The van der Waals surface area contributed by atoms with Gasteiger partial charge in [-0.05, 0) is 30.4 Å². The van der Waals surface area contributed by atoms with E-state index in [0.717, 1.165) is 6.42 Å². The van der Waals surface area contributed by atoms with Crippen LogP contribution in [0.15, 0.2) is 15.7 Å². The molecule has 5 heteroatoms. The van der Waals surface area contributed by atoms with E-state index in [9.17, 15) is 0 Å². The molecule has 1 N–H and O–H groups in total. The van der Waals surface area contributed by atoms with E-state index in [1.54, 1.807) is 14.2 Å². The van der Waals surface area contributed by atoms with Crippen LogP contribution in [0.5, 0.6) is 0 Å². The highest BCUT2D eigenvalue weighted by atomic mass is 32.2. The Morgan fingerprint density at radius 3 is 2.78 bits per heavy atom. The second kappa shape index (κ2) is 6.39. The molecule has 1 aliphatic rings. The zero-order valence-electron chi connectivity index (χ0n) is 11.3. The zero-order valence-corrected chi connectivity index (χ0v) is 12.9. The van der Waals surface area contributed by atoms with E-state index >= 15 is 0 Å². The van der Waals surface area contributed by atoms with Crippen molar-refractivity contribution in [3.8, 4) is 0 Å². The molecule has 0 saturated carbocycles. The Bertz CT molecular complexity index is 379. The van der Waals surface area contributed by atoms with Gasteiger partial charge in [0.15, 0.2) is 6.29 Å². The molecule has 0 radical (unpaired) electrons. The quantitative estimate of drug-likeness (QED) is 0.842. The fourth-order valence-electron chi connectivity index (χ4n) is 2.41. The van der Waals surface area contributed by atoms with Crippen molar-refractivity contribution in [2.24, 2.45) is 0 Å². The van der Waals surface area contributed by atoms with Crippen LogP contribution in [0, 0.1) is 0 Å². The first-order chi connectivity index (χ1) is 8.65. The van der Waals surface area contributed by atoms with Crippen LogP contribution in [0.2, 0.25) is 0 Å². The minimum absolute atomic E-state index is 0.174. The van der Waals surface area contributed by atoms with Crippen LogP contribution in [0.1, 0.15) is 31.9 Å². The maximum atomic E-state index is 5.31. The molecule has 0 aromatic carbocycles. The van der Waals surface area contributed by atoms with Crippen LogP contribution in [0.3, 0.4) is 0 Å². The Balaban J connectivity index is 2.06. The fourth-order valence-corrected chi connectivity index (χ4v) is 4.97. The molecule has 0 aliphatic carbocycles. The Labute approximate surface area is 117 Å². The summed E-state index contributed by atoms with van der Waals surface area (Å²) in [6, 6.07) is 2.82. The standard InChI is InChI=1S/C13H21NO2S2/c1-8-7-11(10-5-6-17-13(10)18-8)14-9(2)12(15-3)16-4/h5-6,8-9,11-12,14H,7H2,1-4H3/t8-,9?,11?/m0/s1. The summed E-state index contributed by atoms with van der Waals surface area (Å²) < 4.78 is 12.1. The number of thiophene rings is 1. The lowest BCUT2D eigenvalue weighted by Crippen LogP contribution is -2.42. The van der Waals surface area contributed by atoms with E-state index in [-0.39, 0.29) is 12.3 Å². The zero-order chi connectivity index (χ0) is 13.1. The number of rotatable bonds is 5. The topological polar surface area (TPSA) is 30.5 Å². The summed E-state index contributed by atoms with van der Waals surface area (Å²) in [7, 11) is 3.36. The number of hydrogen-bond acceptors (Lipinski definition) is 5. The van der Waals surface area contributed by atoms with Crippen molar-refractivity contribution in [2.75, 3.05) is 14.2 Å². The van der Waals surface area contributed by atoms with Gasteiger partial charge in [0.05, 0.1) is 10.3 Å². The lowest BCUT2D eigenvalue weighted by atomic mass is 10.0. The smallest absolute Gasteiger partial charge is 0.171 e. The number of methoxy groups -OCH3 is 2. The molecule has 0 fully saturated rings. The van der Waals surface area contributed by atoms with Gasteiger partial charge in [0.1, 0.15) is 0 Å². The SMILES string of the molecule is COC(OC)C(C)NC1C[C@H](C)Sc2sccc21. The average molecular weight is 287 g/mol. The van der Waals surface area contributed by atoms with E-state index in [0.29, 0.717) is 11.3 Å². The first-order valence-corrected chi connectivity index (χ1v) is 7.97. The summed E-state index contributed by atoms with van der Waals surface area (Å²) in [5, 5.41) is 6.47. The first-order valence-electron chi connectivity index (χ1n) is 6.21. The summed E-state index contributed by atoms with van der Waals surface area (Å²) in [5.74, 6) is 0. The van der Waals surface area contributed by atoms with Crippen LogP contribution >= 0.6 is 23.1 Å². The van der Waals surface area contributed by atoms with Crippen LogP contribution in [-0.2, 0) is 9.47 Å². The predicted octanol–water partition coefficient (Wildman–Crippen LogP) is 3.27. The number of thioether (sulfide) groups is 1. The van der Waals surface area contributed by atoms with Gasteiger partial charge < -0.3 is 14.8 Å². The van der Waals surface area contributed by atoms with Gasteiger partial charge in [-0.2, -0.15) is 0 Å². The van der Waals surface area contributed by atoms with Crippen LogP contribution < -0.4 is 5.32 Å². The molecule has 0 bridgehead atoms. The molecule has 1 aromatic heterocycles. The van der Waals surface area contributed by atoms with E-state index in [1.165, 1.54) is 9.77 Å². The van der Waals surface area contributed by atoms with Gasteiger partial charge in [-0.15, -0.1) is 23.1 Å². The van der Waals surface area contributed by atoms with E-state index in [1.807, 2.05) is 23.1 Å². The maximum absolute atomic E-state index is 5.31. The van der Waals surface area contributed by atoms with E-state index < -0.39 is 0 Å². The summed E-state index contributed by atoms with van der Waals surface area (Å²) in [6.07, 6.45) is 0.954. The van der Waals surface area contributed by atoms with Gasteiger partial charge in [-0.3, -0.25) is 0 Å². The Morgan fingerprint density at radius 2 is 2.11 bits per heavy atom. The molecule has 102 valence electrons. The van der Waals surface area contributed by atoms with Crippen LogP contribution in [-0.4, -0.2) is 31.8 Å². The molecule has 2 heterocycles. The van der Waals surface area contributed by atoms with Gasteiger partial charge >= 0.3 is 0 Å². The first kappa shape index (κ1) is 14.3. The highest BCUT2D eigenvalue weighted by Gasteiger charge is 2.29. The van der Waals surface area contributed by atoms with E-state index in [4.69, 9.17) is 9.47 Å². The van der Waals surface area contributed by atoms with Crippen molar-refractivity contribution in [2.45, 2.75) is 48.1 Å². The van der Waals surface area contributed by atoms with Crippen LogP contribution in [0.25, 0.3) is 0 Å². The molecule has 0 spiro atoms. The van der Waals surface area contributed by atoms with Crippen LogP contribution in [0.4, 0.5) is 0 Å². The molecule has 2 rings (SSSR count). The van der Waals surface area contributed by atoms with Gasteiger partial charge in [-0.1, -0.05) is 6.92 Å². The van der Waals surface area contributed by atoms with Crippen molar-refractivity contribution >= 4 is 23.1 Å². The Morgan fingerprint density at radius 1 is 1.39 bits per heavy atom.